The van der Waals surface area contributed by atoms with Gasteiger partial charge in [-0.25, -0.2) is 0 Å². The molecule has 0 aromatic heterocycles. The predicted molar refractivity (Wildman–Crippen MR) is 54.5 cm³/mol. The summed E-state index contributed by atoms with van der Waals surface area (Å²) in [5.41, 5.74) is 0. The molecule has 0 aliphatic carbocycles. The fraction of sp³-hybridized carbons (Fsp3) is 0.818. The van der Waals surface area contributed by atoms with E-state index >= 15 is 0 Å². The first-order valence-corrected chi connectivity index (χ1v) is 5.48. The molecule has 78 valence electrons. The second-order valence-electron chi connectivity index (χ2n) is 3.83. The first kappa shape index (κ1) is 11.0. The van der Waals surface area contributed by atoms with E-state index in [2.05, 4.69) is 13.0 Å². The Kier molecular flexibility index (Phi) is 4.45. The number of likely N-dealkylation sites (tertiary alicyclic amines) is 1. The number of rotatable bonds is 5. The Bertz CT molecular complexity index is 232. The van der Waals surface area contributed by atoms with Crippen molar-refractivity contribution in [1.29, 1.82) is 5.26 Å². The van der Waals surface area contributed by atoms with Crippen LogP contribution in [0.4, 0.5) is 0 Å². The van der Waals surface area contributed by atoms with Gasteiger partial charge in [0.1, 0.15) is 6.04 Å². The fourth-order valence-electron chi connectivity index (χ4n) is 1.88. The summed E-state index contributed by atoms with van der Waals surface area (Å²) in [7, 11) is 0. The van der Waals surface area contributed by atoms with Crippen LogP contribution in [-0.4, -0.2) is 23.4 Å². The van der Waals surface area contributed by atoms with Gasteiger partial charge in [0.2, 0.25) is 5.91 Å². The standard InChI is InChI=1S/C11H18N2O/c1-2-3-4-6-10(9-12)13-8-5-7-11(13)14/h10H,2-8H2,1H3. The van der Waals surface area contributed by atoms with Crippen molar-refractivity contribution >= 4 is 5.91 Å². The van der Waals surface area contributed by atoms with E-state index in [1.165, 1.54) is 0 Å². The van der Waals surface area contributed by atoms with Crippen molar-refractivity contribution < 1.29 is 4.79 Å². The average molecular weight is 194 g/mol. The predicted octanol–water partition coefficient (Wildman–Crippen LogP) is 2.08. The Balaban J connectivity index is 2.38. The summed E-state index contributed by atoms with van der Waals surface area (Å²) in [6.45, 7) is 2.92. The number of amides is 1. The van der Waals surface area contributed by atoms with Crippen molar-refractivity contribution in [2.45, 2.75) is 51.5 Å². The zero-order chi connectivity index (χ0) is 10.4. The third-order valence-corrected chi connectivity index (χ3v) is 2.72. The topological polar surface area (TPSA) is 44.1 Å². The van der Waals surface area contributed by atoms with E-state index in [-0.39, 0.29) is 11.9 Å². The Morgan fingerprint density at radius 2 is 2.36 bits per heavy atom. The molecule has 1 atom stereocenters. The van der Waals surface area contributed by atoms with Gasteiger partial charge in [-0.3, -0.25) is 4.79 Å². The molecule has 0 radical (unpaired) electrons. The maximum Gasteiger partial charge on any atom is 0.223 e. The highest BCUT2D eigenvalue weighted by molar-refractivity contribution is 5.78. The van der Waals surface area contributed by atoms with Crippen LogP contribution >= 0.6 is 0 Å². The lowest BCUT2D eigenvalue weighted by atomic mass is 10.1. The zero-order valence-electron chi connectivity index (χ0n) is 8.83. The van der Waals surface area contributed by atoms with Crippen LogP contribution in [0.25, 0.3) is 0 Å². The van der Waals surface area contributed by atoms with E-state index in [1.807, 2.05) is 0 Å². The Morgan fingerprint density at radius 3 is 2.86 bits per heavy atom. The van der Waals surface area contributed by atoms with Gasteiger partial charge in [0, 0.05) is 13.0 Å². The van der Waals surface area contributed by atoms with Gasteiger partial charge in [-0.2, -0.15) is 5.26 Å². The van der Waals surface area contributed by atoms with Gasteiger partial charge in [0.15, 0.2) is 0 Å². The van der Waals surface area contributed by atoms with E-state index < -0.39 is 0 Å². The molecule has 1 aliphatic rings. The summed E-state index contributed by atoms with van der Waals surface area (Å²) >= 11 is 0. The third-order valence-electron chi connectivity index (χ3n) is 2.72. The molecular weight excluding hydrogens is 176 g/mol. The summed E-state index contributed by atoms with van der Waals surface area (Å²) in [6, 6.07) is 2.07. The van der Waals surface area contributed by atoms with Crippen molar-refractivity contribution in [2.75, 3.05) is 6.54 Å². The highest BCUT2D eigenvalue weighted by Gasteiger charge is 2.26. The highest BCUT2D eigenvalue weighted by Crippen LogP contribution is 2.17. The van der Waals surface area contributed by atoms with Gasteiger partial charge in [0.25, 0.3) is 0 Å². The number of carbonyl (C=O) groups is 1. The summed E-state index contributed by atoms with van der Waals surface area (Å²) in [6.07, 6.45) is 5.76. The molecular formula is C11H18N2O. The smallest absolute Gasteiger partial charge is 0.223 e. The SMILES string of the molecule is CCCCCC(C#N)N1CCCC1=O. The molecule has 0 saturated carbocycles. The van der Waals surface area contributed by atoms with Crippen molar-refractivity contribution in [2.24, 2.45) is 0 Å². The van der Waals surface area contributed by atoms with Crippen LogP contribution in [0.15, 0.2) is 0 Å². The van der Waals surface area contributed by atoms with Crippen LogP contribution in [0.2, 0.25) is 0 Å². The van der Waals surface area contributed by atoms with Crippen LogP contribution in [0.3, 0.4) is 0 Å². The lowest BCUT2D eigenvalue weighted by molar-refractivity contribution is -0.128. The summed E-state index contributed by atoms with van der Waals surface area (Å²) < 4.78 is 0. The zero-order valence-corrected chi connectivity index (χ0v) is 8.83. The van der Waals surface area contributed by atoms with Crippen molar-refractivity contribution in [3.8, 4) is 6.07 Å². The van der Waals surface area contributed by atoms with Crippen LogP contribution in [0, 0.1) is 11.3 Å². The highest BCUT2D eigenvalue weighted by atomic mass is 16.2. The summed E-state index contributed by atoms with van der Waals surface area (Å²) in [4.78, 5) is 13.1. The normalized spacial score (nSPS) is 18.3. The molecule has 1 aliphatic heterocycles. The fourth-order valence-corrected chi connectivity index (χ4v) is 1.88. The van der Waals surface area contributed by atoms with Crippen LogP contribution in [0.1, 0.15) is 45.4 Å². The van der Waals surface area contributed by atoms with Crippen molar-refractivity contribution in [1.82, 2.24) is 4.90 Å². The minimum Gasteiger partial charge on any atom is -0.327 e. The molecule has 0 aromatic rings. The number of carbonyl (C=O) groups excluding carboxylic acids is 1. The van der Waals surface area contributed by atoms with E-state index in [4.69, 9.17) is 5.26 Å². The minimum atomic E-state index is -0.170. The van der Waals surface area contributed by atoms with Gasteiger partial charge >= 0.3 is 0 Å². The Hall–Kier alpha value is -1.04. The summed E-state index contributed by atoms with van der Waals surface area (Å²) in [5.74, 6) is 0.160. The van der Waals surface area contributed by atoms with E-state index in [1.54, 1.807) is 4.90 Å². The Labute approximate surface area is 85.7 Å². The van der Waals surface area contributed by atoms with E-state index in [9.17, 15) is 4.79 Å². The molecule has 0 aromatic carbocycles. The van der Waals surface area contributed by atoms with Crippen LogP contribution in [0.5, 0.6) is 0 Å². The molecule has 1 fully saturated rings. The molecule has 1 heterocycles. The van der Waals surface area contributed by atoms with E-state index in [0.717, 1.165) is 38.6 Å². The Morgan fingerprint density at radius 1 is 1.57 bits per heavy atom. The van der Waals surface area contributed by atoms with Crippen LogP contribution in [-0.2, 0) is 4.79 Å². The molecule has 14 heavy (non-hydrogen) atoms. The third kappa shape index (κ3) is 2.73. The second kappa shape index (κ2) is 5.64. The largest absolute Gasteiger partial charge is 0.327 e. The molecule has 1 rings (SSSR count). The average Bonchev–Trinajstić information content (AvgIpc) is 2.60. The van der Waals surface area contributed by atoms with E-state index in [0.29, 0.717) is 6.42 Å². The van der Waals surface area contributed by atoms with Gasteiger partial charge < -0.3 is 4.90 Å². The maximum absolute atomic E-state index is 11.4. The number of nitriles is 1. The molecule has 0 bridgehead atoms. The van der Waals surface area contributed by atoms with Gasteiger partial charge in [-0.1, -0.05) is 26.2 Å². The molecule has 1 saturated heterocycles. The number of hydrogen-bond acceptors (Lipinski definition) is 2. The molecule has 3 nitrogen and oxygen atoms in total. The number of hydrogen-bond donors (Lipinski definition) is 0. The first-order chi connectivity index (χ1) is 6.79. The van der Waals surface area contributed by atoms with Crippen molar-refractivity contribution in [3.63, 3.8) is 0 Å². The van der Waals surface area contributed by atoms with Crippen molar-refractivity contribution in [3.05, 3.63) is 0 Å². The number of nitrogens with zero attached hydrogens (tertiary/aromatic N) is 2. The molecule has 3 heteroatoms. The van der Waals surface area contributed by atoms with Gasteiger partial charge in [-0.15, -0.1) is 0 Å². The van der Waals surface area contributed by atoms with Crippen LogP contribution < -0.4 is 0 Å². The monoisotopic (exact) mass is 194 g/mol. The van der Waals surface area contributed by atoms with Gasteiger partial charge in [-0.05, 0) is 12.8 Å². The lowest BCUT2D eigenvalue weighted by Gasteiger charge is -2.21. The first-order valence-electron chi connectivity index (χ1n) is 5.48. The summed E-state index contributed by atoms with van der Waals surface area (Å²) in [5, 5.41) is 8.96. The minimum absolute atomic E-state index is 0.160. The molecule has 0 spiro atoms. The maximum atomic E-state index is 11.4. The number of unbranched alkanes of at least 4 members (excludes halogenated alkanes) is 2. The van der Waals surface area contributed by atoms with Gasteiger partial charge in [0.05, 0.1) is 6.07 Å². The lowest BCUT2D eigenvalue weighted by Crippen LogP contribution is -2.35. The molecule has 0 N–H and O–H groups in total. The molecule has 1 amide bonds. The second-order valence-corrected chi connectivity index (χ2v) is 3.83. The molecule has 1 unspecified atom stereocenters. The quantitative estimate of drug-likeness (QED) is 0.629.